The molecule has 0 unspecified atom stereocenters. The second kappa shape index (κ2) is 9.47. The fourth-order valence-corrected chi connectivity index (χ4v) is 1.54. The first-order valence-electron chi connectivity index (χ1n) is 6.31. The maximum atomic E-state index is 13.3. The molecule has 0 aliphatic rings. The number of methoxy groups -OCH3 is 1. The molecule has 1 rings (SSSR count). The molecule has 0 atom stereocenters. The van der Waals surface area contributed by atoms with Crippen LogP contribution in [0.25, 0.3) is 0 Å². The summed E-state index contributed by atoms with van der Waals surface area (Å²) >= 11 is 0. The van der Waals surface area contributed by atoms with Crippen LogP contribution in [-0.4, -0.2) is 39.4 Å². The van der Waals surface area contributed by atoms with E-state index in [2.05, 4.69) is 5.32 Å². The van der Waals surface area contributed by atoms with Crippen molar-refractivity contribution in [3.8, 4) is 0 Å². The second-order valence-corrected chi connectivity index (χ2v) is 4.05. The molecule has 1 aromatic rings. The first-order valence-corrected chi connectivity index (χ1v) is 6.31. The zero-order chi connectivity index (χ0) is 13.9. The Balaban J connectivity index is 2.10. The van der Waals surface area contributed by atoms with Crippen molar-refractivity contribution in [2.75, 3.05) is 33.5 Å². The first kappa shape index (κ1) is 15.6. The van der Waals surface area contributed by atoms with Crippen molar-refractivity contribution in [1.82, 2.24) is 5.32 Å². The summed E-state index contributed by atoms with van der Waals surface area (Å²) in [4.78, 5) is 11.5. The molecule has 0 spiro atoms. The summed E-state index contributed by atoms with van der Waals surface area (Å²) in [5.41, 5.74) is 0.564. The lowest BCUT2D eigenvalue weighted by Gasteiger charge is -2.06. The van der Waals surface area contributed by atoms with Crippen LogP contribution in [0.1, 0.15) is 12.0 Å². The Morgan fingerprint density at radius 3 is 2.79 bits per heavy atom. The Kier molecular flexibility index (Phi) is 7.77. The van der Waals surface area contributed by atoms with Crippen molar-refractivity contribution >= 4 is 5.91 Å². The van der Waals surface area contributed by atoms with Crippen LogP contribution in [0.5, 0.6) is 0 Å². The quantitative estimate of drug-likeness (QED) is 0.692. The van der Waals surface area contributed by atoms with Crippen LogP contribution in [0.4, 0.5) is 4.39 Å². The summed E-state index contributed by atoms with van der Waals surface area (Å²) in [5.74, 6) is -0.364. The average molecular weight is 269 g/mol. The van der Waals surface area contributed by atoms with E-state index < -0.39 is 0 Å². The van der Waals surface area contributed by atoms with E-state index in [0.29, 0.717) is 38.3 Å². The maximum absolute atomic E-state index is 13.3. The lowest BCUT2D eigenvalue weighted by Crippen LogP contribution is -2.27. The number of hydrogen-bond donors (Lipinski definition) is 1. The van der Waals surface area contributed by atoms with E-state index in [9.17, 15) is 9.18 Å². The average Bonchev–Trinajstić information content (AvgIpc) is 2.42. The zero-order valence-corrected chi connectivity index (χ0v) is 11.2. The van der Waals surface area contributed by atoms with Gasteiger partial charge in [-0.2, -0.15) is 0 Å². The van der Waals surface area contributed by atoms with Crippen LogP contribution in [0.3, 0.4) is 0 Å². The van der Waals surface area contributed by atoms with Crippen molar-refractivity contribution in [1.29, 1.82) is 0 Å². The van der Waals surface area contributed by atoms with Gasteiger partial charge in [0.1, 0.15) is 5.82 Å². The largest absolute Gasteiger partial charge is 0.382 e. The van der Waals surface area contributed by atoms with Gasteiger partial charge in [-0.15, -0.1) is 0 Å². The SMILES string of the molecule is COCCOCCNC(=O)CCc1ccccc1F. The van der Waals surface area contributed by atoms with Crippen LogP contribution < -0.4 is 5.32 Å². The van der Waals surface area contributed by atoms with Gasteiger partial charge in [0.15, 0.2) is 0 Å². The summed E-state index contributed by atoms with van der Waals surface area (Å²) in [6, 6.07) is 6.49. The summed E-state index contributed by atoms with van der Waals surface area (Å²) in [5, 5.41) is 2.72. The van der Waals surface area contributed by atoms with Gasteiger partial charge in [0.2, 0.25) is 5.91 Å². The Bertz CT molecular complexity index is 385. The molecule has 0 aromatic heterocycles. The molecular formula is C14H20FNO3. The summed E-state index contributed by atoms with van der Waals surface area (Å²) in [6.45, 7) is 1.97. The number of benzene rings is 1. The van der Waals surface area contributed by atoms with E-state index in [0.717, 1.165) is 0 Å². The van der Waals surface area contributed by atoms with Gasteiger partial charge in [-0.05, 0) is 18.1 Å². The number of amides is 1. The molecule has 0 bridgehead atoms. The molecule has 0 heterocycles. The summed E-state index contributed by atoms with van der Waals surface area (Å²) in [7, 11) is 1.61. The maximum Gasteiger partial charge on any atom is 0.220 e. The van der Waals surface area contributed by atoms with E-state index >= 15 is 0 Å². The summed E-state index contributed by atoms with van der Waals surface area (Å²) in [6.07, 6.45) is 0.683. The number of ether oxygens (including phenoxy) is 2. The molecule has 0 fully saturated rings. The third-order valence-electron chi connectivity index (χ3n) is 2.58. The highest BCUT2D eigenvalue weighted by Crippen LogP contribution is 2.08. The van der Waals surface area contributed by atoms with E-state index in [4.69, 9.17) is 9.47 Å². The van der Waals surface area contributed by atoms with Gasteiger partial charge in [-0.1, -0.05) is 18.2 Å². The molecule has 1 aromatic carbocycles. The fraction of sp³-hybridized carbons (Fsp3) is 0.500. The summed E-state index contributed by atoms with van der Waals surface area (Å²) < 4.78 is 23.3. The number of aryl methyl sites for hydroxylation is 1. The van der Waals surface area contributed by atoms with E-state index in [1.165, 1.54) is 6.07 Å². The van der Waals surface area contributed by atoms with Crippen LogP contribution >= 0.6 is 0 Å². The molecule has 0 saturated heterocycles. The van der Waals surface area contributed by atoms with Crippen molar-refractivity contribution < 1.29 is 18.7 Å². The molecule has 0 aliphatic carbocycles. The van der Waals surface area contributed by atoms with E-state index in [1.54, 1.807) is 25.3 Å². The number of carbonyl (C=O) groups excluding carboxylic acids is 1. The molecule has 0 aliphatic heterocycles. The highest BCUT2D eigenvalue weighted by Gasteiger charge is 2.05. The van der Waals surface area contributed by atoms with Gasteiger partial charge in [0.05, 0.1) is 19.8 Å². The standard InChI is InChI=1S/C14H20FNO3/c1-18-10-11-19-9-8-16-14(17)7-6-12-4-2-3-5-13(12)15/h2-5H,6-11H2,1H3,(H,16,17). The van der Waals surface area contributed by atoms with E-state index in [-0.39, 0.29) is 18.1 Å². The highest BCUT2D eigenvalue weighted by molar-refractivity contribution is 5.76. The highest BCUT2D eigenvalue weighted by atomic mass is 19.1. The number of halogens is 1. The fourth-order valence-electron chi connectivity index (χ4n) is 1.54. The van der Waals surface area contributed by atoms with Crippen molar-refractivity contribution in [2.24, 2.45) is 0 Å². The molecule has 4 nitrogen and oxygen atoms in total. The molecule has 106 valence electrons. The number of nitrogens with one attached hydrogen (secondary N) is 1. The van der Waals surface area contributed by atoms with Crippen molar-refractivity contribution in [3.63, 3.8) is 0 Å². The van der Waals surface area contributed by atoms with Crippen LogP contribution in [0.15, 0.2) is 24.3 Å². The number of rotatable bonds is 9. The van der Waals surface area contributed by atoms with Crippen LogP contribution in [0.2, 0.25) is 0 Å². The monoisotopic (exact) mass is 269 g/mol. The Hall–Kier alpha value is -1.46. The number of hydrogen-bond acceptors (Lipinski definition) is 3. The third kappa shape index (κ3) is 6.88. The van der Waals surface area contributed by atoms with Gasteiger partial charge in [-0.3, -0.25) is 4.79 Å². The predicted octanol–water partition coefficient (Wildman–Crippen LogP) is 1.54. The topological polar surface area (TPSA) is 47.6 Å². The molecular weight excluding hydrogens is 249 g/mol. The normalized spacial score (nSPS) is 10.4. The molecule has 0 saturated carbocycles. The number of carbonyl (C=O) groups is 1. The van der Waals surface area contributed by atoms with Crippen LogP contribution in [-0.2, 0) is 20.7 Å². The molecule has 1 amide bonds. The van der Waals surface area contributed by atoms with Gasteiger partial charge in [0.25, 0.3) is 0 Å². The first-order chi connectivity index (χ1) is 9.24. The zero-order valence-electron chi connectivity index (χ0n) is 11.2. The Morgan fingerprint density at radius 1 is 1.26 bits per heavy atom. The van der Waals surface area contributed by atoms with Crippen molar-refractivity contribution in [3.05, 3.63) is 35.6 Å². The molecule has 0 radical (unpaired) electrons. The lowest BCUT2D eigenvalue weighted by atomic mass is 10.1. The molecule has 19 heavy (non-hydrogen) atoms. The second-order valence-electron chi connectivity index (χ2n) is 4.05. The minimum Gasteiger partial charge on any atom is -0.382 e. The van der Waals surface area contributed by atoms with Gasteiger partial charge >= 0.3 is 0 Å². The Labute approximate surface area is 112 Å². The smallest absolute Gasteiger partial charge is 0.220 e. The van der Waals surface area contributed by atoms with Gasteiger partial charge in [-0.25, -0.2) is 4.39 Å². The molecule has 5 heteroatoms. The predicted molar refractivity (Wildman–Crippen MR) is 70.4 cm³/mol. The van der Waals surface area contributed by atoms with Gasteiger partial charge < -0.3 is 14.8 Å². The van der Waals surface area contributed by atoms with E-state index in [1.807, 2.05) is 0 Å². The van der Waals surface area contributed by atoms with Crippen LogP contribution in [0, 0.1) is 5.82 Å². The molecule has 1 N–H and O–H groups in total. The minimum atomic E-state index is -0.266. The Morgan fingerprint density at radius 2 is 2.05 bits per heavy atom. The lowest BCUT2D eigenvalue weighted by molar-refractivity contribution is -0.121. The third-order valence-corrected chi connectivity index (χ3v) is 2.58. The minimum absolute atomic E-state index is 0.0985. The van der Waals surface area contributed by atoms with Crippen molar-refractivity contribution in [2.45, 2.75) is 12.8 Å². The van der Waals surface area contributed by atoms with Gasteiger partial charge in [0, 0.05) is 20.1 Å².